The fourth-order valence-electron chi connectivity index (χ4n) is 4.61. The van der Waals surface area contributed by atoms with Crippen LogP contribution in [0.1, 0.15) is 58.7 Å². The SMILES string of the molecule is CCCCOc1ccccc1C1C(C(=O)c2sc(C)nc2C)=C(O)C(=O)N1c1nc2ccc(OCC)cc2s1. The number of fused-ring (bicyclic) bond motifs is 1. The van der Waals surface area contributed by atoms with Crippen molar-refractivity contribution >= 4 is 49.7 Å². The number of aryl methyl sites for hydroxylation is 2. The molecule has 2 aromatic heterocycles. The molecule has 8 nitrogen and oxygen atoms in total. The number of aliphatic hydroxyl groups is 1. The van der Waals surface area contributed by atoms with Gasteiger partial charge in [-0.3, -0.25) is 14.5 Å². The number of anilines is 1. The van der Waals surface area contributed by atoms with Crippen LogP contribution in [0.3, 0.4) is 0 Å². The molecule has 5 rings (SSSR count). The Kier molecular flexibility index (Phi) is 7.67. The minimum Gasteiger partial charge on any atom is -0.503 e. The van der Waals surface area contributed by atoms with Gasteiger partial charge in [-0.05, 0) is 51.5 Å². The molecule has 0 aliphatic carbocycles. The number of aliphatic hydroxyl groups excluding tert-OH is 1. The molecule has 0 bridgehead atoms. The van der Waals surface area contributed by atoms with Gasteiger partial charge in [0.25, 0.3) is 5.91 Å². The molecular weight excluding hydrogens is 534 g/mol. The predicted octanol–water partition coefficient (Wildman–Crippen LogP) is 6.73. The molecular formula is C29H29N3O5S2. The molecule has 1 unspecified atom stereocenters. The topological polar surface area (TPSA) is 102 Å². The summed E-state index contributed by atoms with van der Waals surface area (Å²) in [5.41, 5.74) is 1.84. The summed E-state index contributed by atoms with van der Waals surface area (Å²) in [6.45, 7) is 8.58. The third-order valence-electron chi connectivity index (χ3n) is 6.40. The third-order valence-corrected chi connectivity index (χ3v) is 8.49. The average molecular weight is 564 g/mol. The van der Waals surface area contributed by atoms with Gasteiger partial charge in [-0.25, -0.2) is 9.97 Å². The van der Waals surface area contributed by atoms with Gasteiger partial charge >= 0.3 is 0 Å². The van der Waals surface area contributed by atoms with Crippen LogP contribution in [-0.2, 0) is 4.79 Å². The number of unbranched alkanes of at least 4 members (excludes halogenated alkanes) is 1. The van der Waals surface area contributed by atoms with Gasteiger partial charge in [0.15, 0.2) is 10.9 Å². The number of hydrogen-bond acceptors (Lipinski definition) is 9. The van der Waals surface area contributed by atoms with Crippen molar-refractivity contribution in [2.24, 2.45) is 0 Å². The first-order valence-corrected chi connectivity index (χ1v) is 14.5. The van der Waals surface area contributed by atoms with E-state index in [4.69, 9.17) is 14.5 Å². The zero-order chi connectivity index (χ0) is 27.7. The molecule has 0 saturated carbocycles. The first-order chi connectivity index (χ1) is 18.8. The minimum absolute atomic E-state index is 0.00690. The van der Waals surface area contributed by atoms with Crippen LogP contribution in [0.25, 0.3) is 10.2 Å². The highest BCUT2D eigenvalue weighted by Crippen LogP contribution is 2.47. The summed E-state index contributed by atoms with van der Waals surface area (Å²) < 4.78 is 12.6. The summed E-state index contributed by atoms with van der Waals surface area (Å²) in [5.74, 6) is -0.458. The molecule has 0 radical (unpaired) electrons. The Hall–Kier alpha value is -3.76. The van der Waals surface area contributed by atoms with Crippen molar-refractivity contribution in [3.8, 4) is 11.5 Å². The van der Waals surface area contributed by atoms with Gasteiger partial charge in [-0.1, -0.05) is 42.9 Å². The number of hydrogen-bond donors (Lipinski definition) is 1. The summed E-state index contributed by atoms with van der Waals surface area (Å²) in [7, 11) is 0. The molecule has 0 spiro atoms. The number of carbonyl (C=O) groups excluding carboxylic acids is 2. The van der Waals surface area contributed by atoms with E-state index in [1.54, 1.807) is 6.92 Å². The number of para-hydroxylation sites is 1. The zero-order valence-corrected chi connectivity index (χ0v) is 23.8. The second kappa shape index (κ2) is 11.2. The number of ketones is 1. The lowest BCUT2D eigenvalue weighted by Crippen LogP contribution is -2.31. The van der Waals surface area contributed by atoms with Gasteiger partial charge in [0.05, 0.1) is 44.6 Å². The van der Waals surface area contributed by atoms with Crippen LogP contribution in [0.15, 0.2) is 53.8 Å². The molecule has 0 saturated heterocycles. The number of rotatable bonds is 10. The van der Waals surface area contributed by atoms with E-state index in [2.05, 4.69) is 11.9 Å². The molecule has 202 valence electrons. The van der Waals surface area contributed by atoms with Crippen molar-refractivity contribution in [3.05, 3.63) is 74.9 Å². The second-order valence-corrected chi connectivity index (χ2v) is 11.3. The number of ether oxygens (including phenoxy) is 2. The Bertz CT molecular complexity index is 1590. The molecule has 1 atom stereocenters. The highest BCUT2D eigenvalue weighted by Gasteiger charge is 2.47. The van der Waals surface area contributed by atoms with Gasteiger partial charge in [-0.2, -0.15) is 0 Å². The Morgan fingerprint density at radius 1 is 1.08 bits per heavy atom. The molecule has 10 heteroatoms. The van der Waals surface area contributed by atoms with Crippen molar-refractivity contribution in [2.45, 2.75) is 46.6 Å². The van der Waals surface area contributed by atoms with Gasteiger partial charge in [0.1, 0.15) is 17.5 Å². The van der Waals surface area contributed by atoms with E-state index < -0.39 is 23.5 Å². The van der Waals surface area contributed by atoms with Crippen LogP contribution in [0.5, 0.6) is 11.5 Å². The van der Waals surface area contributed by atoms with Crippen LogP contribution in [0, 0.1) is 13.8 Å². The van der Waals surface area contributed by atoms with Crippen molar-refractivity contribution in [1.82, 2.24) is 9.97 Å². The molecule has 1 N–H and O–H groups in total. The summed E-state index contributed by atoms with van der Waals surface area (Å²) in [6.07, 6.45) is 1.81. The van der Waals surface area contributed by atoms with E-state index in [9.17, 15) is 14.7 Å². The van der Waals surface area contributed by atoms with E-state index >= 15 is 0 Å². The third kappa shape index (κ3) is 5.02. The van der Waals surface area contributed by atoms with E-state index in [0.29, 0.717) is 51.5 Å². The minimum atomic E-state index is -0.934. The molecule has 3 heterocycles. The molecule has 0 fully saturated rings. The molecule has 2 aromatic carbocycles. The maximum atomic E-state index is 14.0. The first kappa shape index (κ1) is 26.8. The summed E-state index contributed by atoms with van der Waals surface area (Å²) in [6, 6.07) is 11.9. The number of carbonyl (C=O) groups is 2. The highest BCUT2D eigenvalue weighted by atomic mass is 32.1. The van der Waals surface area contributed by atoms with Crippen molar-refractivity contribution in [2.75, 3.05) is 18.1 Å². The average Bonchev–Trinajstić information content (AvgIpc) is 3.57. The lowest BCUT2D eigenvalue weighted by atomic mass is 9.94. The number of benzene rings is 2. The molecule has 1 aliphatic heterocycles. The summed E-state index contributed by atoms with van der Waals surface area (Å²) in [4.78, 5) is 38.6. The van der Waals surface area contributed by atoms with Crippen LogP contribution in [0.2, 0.25) is 0 Å². The number of aromatic nitrogens is 2. The second-order valence-electron chi connectivity index (χ2n) is 9.12. The van der Waals surface area contributed by atoms with Gasteiger partial charge < -0.3 is 14.6 Å². The fraction of sp³-hybridized carbons (Fsp3) is 0.310. The Morgan fingerprint density at radius 2 is 1.87 bits per heavy atom. The highest BCUT2D eigenvalue weighted by molar-refractivity contribution is 7.22. The van der Waals surface area contributed by atoms with Gasteiger partial charge in [0.2, 0.25) is 5.78 Å². The quantitative estimate of drug-likeness (QED) is 0.169. The fourth-order valence-corrected chi connectivity index (χ4v) is 6.50. The molecule has 1 amide bonds. The lowest BCUT2D eigenvalue weighted by molar-refractivity contribution is -0.117. The number of thiazole rings is 2. The smallest absolute Gasteiger partial charge is 0.296 e. The monoisotopic (exact) mass is 563 g/mol. The summed E-state index contributed by atoms with van der Waals surface area (Å²) in [5, 5.41) is 12.3. The normalized spacial score (nSPS) is 15.4. The van der Waals surface area contributed by atoms with Crippen LogP contribution >= 0.6 is 22.7 Å². The maximum Gasteiger partial charge on any atom is 0.296 e. The van der Waals surface area contributed by atoms with Crippen molar-refractivity contribution < 1.29 is 24.2 Å². The van der Waals surface area contributed by atoms with Gasteiger partial charge in [0, 0.05) is 5.56 Å². The molecule has 4 aromatic rings. The van der Waals surface area contributed by atoms with Crippen molar-refractivity contribution in [3.63, 3.8) is 0 Å². The van der Waals surface area contributed by atoms with Crippen LogP contribution in [0.4, 0.5) is 5.13 Å². The number of Topliss-reactive ketones (excluding diaryl/α,β-unsaturated/α-hetero) is 1. The summed E-state index contributed by atoms with van der Waals surface area (Å²) >= 11 is 2.54. The molecule has 1 aliphatic rings. The van der Waals surface area contributed by atoms with Crippen LogP contribution < -0.4 is 14.4 Å². The van der Waals surface area contributed by atoms with Crippen molar-refractivity contribution in [1.29, 1.82) is 0 Å². The first-order valence-electron chi connectivity index (χ1n) is 12.8. The van der Waals surface area contributed by atoms with Crippen LogP contribution in [-0.4, -0.2) is 40.0 Å². The Labute approximate surface area is 234 Å². The standard InChI is InChI=1S/C29H29N3O5S2/c1-5-7-14-37-21-11-9-8-10-19(21)24-23(25(33)27-16(3)30-17(4)38-27)26(34)28(35)32(24)29-31-20-13-12-18(36-6-2)15-22(20)39-29/h8-13,15,24,34H,5-7,14H2,1-4H3. The van der Waals surface area contributed by atoms with E-state index in [1.165, 1.54) is 27.6 Å². The predicted molar refractivity (Wildman–Crippen MR) is 153 cm³/mol. The maximum absolute atomic E-state index is 14.0. The van der Waals surface area contributed by atoms with Gasteiger partial charge in [-0.15, -0.1) is 11.3 Å². The Balaban J connectivity index is 1.66. The largest absolute Gasteiger partial charge is 0.503 e. The van der Waals surface area contributed by atoms with E-state index in [-0.39, 0.29) is 5.57 Å². The van der Waals surface area contributed by atoms with E-state index in [1.807, 2.05) is 56.3 Å². The molecule has 39 heavy (non-hydrogen) atoms. The lowest BCUT2D eigenvalue weighted by Gasteiger charge is -2.26. The number of amides is 1. The van der Waals surface area contributed by atoms with E-state index in [0.717, 1.165) is 22.5 Å². The Morgan fingerprint density at radius 3 is 2.59 bits per heavy atom. The zero-order valence-electron chi connectivity index (χ0n) is 22.2. The number of nitrogens with zero attached hydrogens (tertiary/aromatic N) is 3.